The fourth-order valence-electron chi connectivity index (χ4n) is 1.83. The lowest BCUT2D eigenvalue weighted by molar-refractivity contribution is 0.807. The largest absolute Gasteiger partial charge is 0.338 e. The number of rotatable bonds is 1. The smallest absolute Gasteiger partial charge is 0.255 e. The number of hydrogen-bond donors (Lipinski definition) is 0. The van der Waals surface area contributed by atoms with E-state index in [-0.39, 0.29) is 0 Å². The van der Waals surface area contributed by atoms with Gasteiger partial charge in [-0.15, -0.1) is 5.10 Å². The van der Waals surface area contributed by atoms with Crippen LogP contribution in [0.15, 0.2) is 6.07 Å². The summed E-state index contributed by atoms with van der Waals surface area (Å²) in [4.78, 5) is 10.9. The Balaban J connectivity index is 2.03. The lowest BCUT2D eigenvalue weighted by Gasteiger charge is -2.24. The molecule has 5 nitrogen and oxygen atoms in total. The molecule has 0 aliphatic carbocycles. The van der Waals surface area contributed by atoms with E-state index in [2.05, 4.69) is 20.0 Å². The molecule has 2 aromatic heterocycles. The van der Waals surface area contributed by atoms with E-state index in [0.29, 0.717) is 10.9 Å². The molecule has 0 spiro atoms. The van der Waals surface area contributed by atoms with Crippen molar-refractivity contribution in [1.29, 1.82) is 0 Å². The van der Waals surface area contributed by atoms with Crippen molar-refractivity contribution in [2.45, 2.75) is 6.92 Å². The maximum Gasteiger partial charge on any atom is 0.255 e. The summed E-state index contributed by atoms with van der Waals surface area (Å²) in [5.74, 6) is 3.54. The maximum absolute atomic E-state index is 6.11. The topological polar surface area (TPSA) is 46.3 Å². The first-order valence-corrected chi connectivity index (χ1v) is 7.00. The third-order valence-corrected chi connectivity index (χ3v) is 3.89. The predicted octanol–water partition coefficient (Wildman–Crippen LogP) is 1.64. The van der Waals surface area contributed by atoms with Gasteiger partial charge in [-0.2, -0.15) is 21.3 Å². The molecule has 90 valence electrons. The van der Waals surface area contributed by atoms with Gasteiger partial charge >= 0.3 is 0 Å². The van der Waals surface area contributed by atoms with Crippen molar-refractivity contribution in [3.05, 3.63) is 16.9 Å². The Hall–Kier alpha value is -1.01. The van der Waals surface area contributed by atoms with Crippen LogP contribution in [0.1, 0.15) is 5.69 Å². The number of hydrogen-bond acceptors (Lipinski definition) is 5. The molecule has 1 fully saturated rings. The molecule has 0 aromatic carbocycles. The quantitative estimate of drug-likeness (QED) is 0.737. The van der Waals surface area contributed by atoms with Gasteiger partial charge in [0.15, 0.2) is 0 Å². The van der Waals surface area contributed by atoms with E-state index in [4.69, 9.17) is 11.6 Å². The van der Waals surface area contributed by atoms with Crippen LogP contribution in [0.3, 0.4) is 0 Å². The lowest BCUT2D eigenvalue weighted by Crippen LogP contribution is -2.33. The Morgan fingerprint density at radius 1 is 1.29 bits per heavy atom. The number of nitrogens with zero attached hydrogens (tertiary/aromatic N) is 5. The maximum atomic E-state index is 6.11. The molecule has 1 aliphatic rings. The summed E-state index contributed by atoms with van der Waals surface area (Å²) in [6.07, 6.45) is 0. The summed E-state index contributed by atoms with van der Waals surface area (Å²) in [5, 5.41) is 4.96. The zero-order chi connectivity index (χ0) is 11.8. The first-order chi connectivity index (χ1) is 8.24. The normalized spacial score (nSPS) is 16.7. The predicted molar refractivity (Wildman–Crippen MR) is 70.1 cm³/mol. The summed E-state index contributed by atoms with van der Waals surface area (Å²) in [6.45, 7) is 3.87. The van der Waals surface area contributed by atoms with Crippen LogP contribution in [0.2, 0.25) is 5.15 Å². The van der Waals surface area contributed by atoms with Gasteiger partial charge in [-0.3, -0.25) is 0 Å². The van der Waals surface area contributed by atoms with E-state index in [9.17, 15) is 0 Å². The number of halogens is 1. The van der Waals surface area contributed by atoms with Crippen molar-refractivity contribution in [1.82, 2.24) is 19.6 Å². The van der Waals surface area contributed by atoms with E-state index in [1.54, 1.807) is 10.6 Å². The van der Waals surface area contributed by atoms with Crippen molar-refractivity contribution in [2.24, 2.45) is 0 Å². The zero-order valence-corrected chi connectivity index (χ0v) is 11.0. The van der Waals surface area contributed by atoms with Crippen LogP contribution < -0.4 is 4.90 Å². The highest BCUT2D eigenvalue weighted by atomic mass is 35.5. The minimum atomic E-state index is 0.553. The van der Waals surface area contributed by atoms with Crippen LogP contribution in [0.4, 0.5) is 5.95 Å². The monoisotopic (exact) mass is 269 g/mol. The Morgan fingerprint density at radius 3 is 2.82 bits per heavy atom. The third-order valence-electron chi connectivity index (χ3n) is 2.68. The van der Waals surface area contributed by atoms with Crippen LogP contribution in [-0.2, 0) is 0 Å². The molecule has 17 heavy (non-hydrogen) atoms. The van der Waals surface area contributed by atoms with E-state index in [1.165, 1.54) is 0 Å². The first-order valence-electron chi connectivity index (χ1n) is 5.46. The van der Waals surface area contributed by atoms with E-state index in [0.717, 1.165) is 36.2 Å². The van der Waals surface area contributed by atoms with E-state index >= 15 is 0 Å². The van der Waals surface area contributed by atoms with Gasteiger partial charge in [0.05, 0.1) is 0 Å². The molecule has 2 aromatic rings. The molecule has 7 heteroatoms. The van der Waals surface area contributed by atoms with Gasteiger partial charge in [-0.1, -0.05) is 11.6 Å². The summed E-state index contributed by atoms with van der Waals surface area (Å²) in [6, 6.07) is 1.79. The Bertz CT molecular complexity index is 549. The number of aromatic nitrogens is 4. The molecular formula is C10H12ClN5S. The second kappa shape index (κ2) is 4.34. The second-order valence-electron chi connectivity index (χ2n) is 3.94. The highest BCUT2D eigenvalue weighted by molar-refractivity contribution is 7.99. The molecule has 0 unspecified atom stereocenters. The van der Waals surface area contributed by atoms with Crippen LogP contribution >= 0.6 is 23.4 Å². The van der Waals surface area contributed by atoms with Crippen LogP contribution in [0.25, 0.3) is 5.78 Å². The average molecular weight is 270 g/mol. The van der Waals surface area contributed by atoms with Gasteiger partial charge < -0.3 is 4.90 Å². The van der Waals surface area contributed by atoms with Crippen molar-refractivity contribution in [3.63, 3.8) is 0 Å². The molecule has 0 amide bonds. The Kier molecular flexibility index (Phi) is 2.84. The van der Waals surface area contributed by atoms with Crippen molar-refractivity contribution in [2.75, 3.05) is 29.5 Å². The molecule has 1 saturated heterocycles. The number of fused-ring (bicyclic) bond motifs is 1. The SMILES string of the molecule is Cc1cc(Cl)n2nc(N3CCSCC3)nc2n1. The van der Waals surface area contributed by atoms with Crippen molar-refractivity contribution in [3.8, 4) is 0 Å². The van der Waals surface area contributed by atoms with Crippen LogP contribution in [0, 0.1) is 6.92 Å². The fourth-order valence-corrected chi connectivity index (χ4v) is 3.00. The Labute approximate surface area is 108 Å². The number of anilines is 1. The van der Waals surface area contributed by atoms with Crippen molar-refractivity contribution >= 4 is 35.1 Å². The molecule has 0 bridgehead atoms. The minimum absolute atomic E-state index is 0.553. The molecule has 3 heterocycles. The van der Waals surface area contributed by atoms with E-state index < -0.39 is 0 Å². The highest BCUT2D eigenvalue weighted by Crippen LogP contribution is 2.18. The van der Waals surface area contributed by atoms with Crippen molar-refractivity contribution < 1.29 is 0 Å². The molecule has 0 radical (unpaired) electrons. The molecule has 0 atom stereocenters. The Morgan fingerprint density at radius 2 is 2.06 bits per heavy atom. The van der Waals surface area contributed by atoms with Gasteiger partial charge in [-0.05, 0) is 13.0 Å². The molecule has 0 N–H and O–H groups in total. The van der Waals surface area contributed by atoms with Gasteiger partial charge in [0, 0.05) is 30.3 Å². The van der Waals surface area contributed by atoms with Gasteiger partial charge in [-0.25, -0.2) is 4.98 Å². The molecular weight excluding hydrogens is 258 g/mol. The zero-order valence-electron chi connectivity index (χ0n) is 9.43. The summed E-state index contributed by atoms with van der Waals surface area (Å²) < 4.78 is 1.59. The van der Waals surface area contributed by atoms with Gasteiger partial charge in [0.25, 0.3) is 5.78 Å². The van der Waals surface area contributed by atoms with Gasteiger partial charge in [0.2, 0.25) is 5.95 Å². The van der Waals surface area contributed by atoms with Crippen LogP contribution in [-0.4, -0.2) is 44.2 Å². The summed E-state index contributed by atoms with van der Waals surface area (Å²) in [7, 11) is 0. The molecule has 0 saturated carbocycles. The number of thioether (sulfide) groups is 1. The number of aryl methyl sites for hydroxylation is 1. The average Bonchev–Trinajstić information content (AvgIpc) is 2.74. The summed E-state index contributed by atoms with van der Waals surface area (Å²) in [5.41, 5.74) is 0.857. The highest BCUT2D eigenvalue weighted by Gasteiger charge is 2.17. The van der Waals surface area contributed by atoms with Crippen LogP contribution in [0.5, 0.6) is 0 Å². The third kappa shape index (κ3) is 2.07. The molecule has 1 aliphatic heterocycles. The first kappa shape index (κ1) is 11.1. The van der Waals surface area contributed by atoms with Gasteiger partial charge in [0.1, 0.15) is 5.15 Å². The second-order valence-corrected chi connectivity index (χ2v) is 5.56. The lowest BCUT2D eigenvalue weighted by atomic mass is 10.5. The summed E-state index contributed by atoms with van der Waals surface area (Å²) >= 11 is 8.07. The standard InChI is InChI=1S/C10H12ClN5S/c1-7-6-8(11)16-9(12-7)13-10(14-16)15-2-4-17-5-3-15/h6H,2-5H2,1H3. The fraction of sp³-hybridized carbons (Fsp3) is 0.500. The van der Waals surface area contributed by atoms with E-state index in [1.807, 2.05) is 18.7 Å². The molecule has 3 rings (SSSR count). The minimum Gasteiger partial charge on any atom is -0.338 e.